The fourth-order valence-corrected chi connectivity index (χ4v) is 4.97. The van der Waals surface area contributed by atoms with Gasteiger partial charge in [-0.25, -0.2) is 4.39 Å². The topological polar surface area (TPSA) is 90.8 Å². The molecular weight excluding hydrogens is 417 g/mol. The molecule has 0 radical (unpaired) electrons. The van der Waals surface area contributed by atoms with Gasteiger partial charge in [-0.15, -0.1) is 0 Å². The van der Waals surface area contributed by atoms with Gasteiger partial charge in [-0.1, -0.05) is 43.7 Å². The van der Waals surface area contributed by atoms with Crippen LogP contribution in [0.2, 0.25) is 0 Å². The Bertz CT molecular complexity index is 1260. The van der Waals surface area contributed by atoms with Crippen molar-refractivity contribution in [1.82, 2.24) is 10.1 Å². The maximum atomic E-state index is 14.2. The highest BCUT2D eigenvalue weighted by atomic mass is 32.2. The van der Waals surface area contributed by atoms with Crippen LogP contribution in [0.25, 0.3) is 11.3 Å². The van der Waals surface area contributed by atoms with E-state index in [-0.39, 0.29) is 11.3 Å². The van der Waals surface area contributed by atoms with Crippen LogP contribution in [-0.2, 0) is 10.5 Å². The third kappa shape index (κ3) is 3.03. The van der Waals surface area contributed by atoms with Crippen molar-refractivity contribution in [3.63, 3.8) is 0 Å². The molecule has 5 rings (SSSR count). The van der Waals surface area contributed by atoms with Gasteiger partial charge in [-0.05, 0) is 41.4 Å². The number of hydrogen-bond acceptors (Lipinski definition) is 5. The summed E-state index contributed by atoms with van der Waals surface area (Å²) in [7, 11) is 0. The van der Waals surface area contributed by atoms with E-state index in [9.17, 15) is 14.0 Å². The first-order chi connectivity index (χ1) is 15.0. The highest BCUT2D eigenvalue weighted by Crippen LogP contribution is 2.41. The van der Waals surface area contributed by atoms with Crippen LogP contribution in [0.4, 0.5) is 15.8 Å². The van der Waals surface area contributed by atoms with Crippen molar-refractivity contribution in [3.8, 4) is 11.3 Å². The van der Waals surface area contributed by atoms with Crippen molar-refractivity contribution >= 4 is 29.0 Å². The third-order valence-corrected chi connectivity index (χ3v) is 6.54. The van der Waals surface area contributed by atoms with Crippen LogP contribution in [0.3, 0.4) is 0 Å². The summed E-state index contributed by atoms with van der Waals surface area (Å²) in [6, 6.07) is 11.3. The number of nitrogens with zero attached hydrogens (tertiary/aromatic N) is 2. The number of rotatable bonds is 5. The Labute approximate surface area is 182 Å². The number of halogens is 1. The van der Waals surface area contributed by atoms with Crippen LogP contribution in [0.1, 0.15) is 31.7 Å². The first kappa shape index (κ1) is 19.7. The summed E-state index contributed by atoms with van der Waals surface area (Å²) in [5.74, 6) is -0.102. The van der Waals surface area contributed by atoms with Crippen molar-refractivity contribution < 1.29 is 13.9 Å². The lowest BCUT2D eigenvalue weighted by molar-refractivity contribution is -0.781. The van der Waals surface area contributed by atoms with E-state index in [2.05, 4.69) is 27.6 Å². The molecule has 2 aliphatic rings. The van der Waals surface area contributed by atoms with Gasteiger partial charge in [0, 0.05) is 10.9 Å². The predicted octanol–water partition coefficient (Wildman–Crippen LogP) is 3.22. The fraction of sp³-hybridized carbons (Fsp3) is 0.273. The van der Waals surface area contributed by atoms with Gasteiger partial charge >= 0.3 is 22.8 Å². The maximum Gasteiger partial charge on any atom is 0.374 e. The van der Waals surface area contributed by atoms with Gasteiger partial charge < -0.3 is 10.6 Å². The molecule has 7 nitrogen and oxygen atoms in total. The molecule has 0 unspecified atom stereocenters. The van der Waals surface area contributed by atoms with Gasteiger partial charge in [0.1, 0.15) is 5.82 Å². The number of fused-ring (bicyclic) bond motifs is 6. The number of carbonyl (C=O) groups excluding carboxylic acids is 1. The van der Waals surface area contributed by atoms with Gasteiger partial charge in [-0.3, -0.25) is 14.6 Å². The monoisotopic (exact) mass is 438 g/mol. The molecule has 0 saturated heterocycles. The molecule has 3 heterocycles. The number of aromatic nitrogens is 3. The number of amides is 1. The van der Waals surface area contributed by atoms with Crippen LogP contribution < -0.4 is 20.9 Å². The van der Waals surface area contributed by atoms with Crippen molar-refractivity contribution in [2.24, 2.45) is 0 Å². The molecule has 1 aromatic heterocycles. The minimum atomic E-state index is -1.56. The molecule has 0 saturated carbocycles. The van der Waals surface area contributed by atoms with E-state index >= 15 is 0 Å². The highest BCUT2D eigenvalue weighted by Gasteiger charge is 2.62. The molecule has 1 amide bonds. The molecule has 9 heteroatoms. The lowest BCUT2D eigenvalue weighted by atomic mass is 9.95. The zero-order valence-corrected chi connectivity index (χ0v) is 17.7. The number of hydrogen-bond donors (Lipinski definition) is 3. The average Bonchev–Trinajstić information content (AvgIpc) is 3.03. The largest absolute Gasteiger partial charge is 0.374 e. The number of thioether (sulfide) groups is 1. The zero-order chi connectivity index (χ0) is 21.6. The molecule has 1 atom stereocenters. The maximum absolute atomic E-state index is 14.2. The van der Waals surface area contributed by atoms with Crippen LogP contribution in [0, 0.1) is 5.82 Å². The molecule has 2 aromatic carbocycles. The molecule has 158 valence electrons. The van der Waals surface area contributed by atoms with Crippen molar-refractivity contribution in [2.75, 3.05) is 16.4 Å². The van der Waals surface area contributed by atoms with Crippen molar-refractivity contribution in [1.29, 1.82) is 0 Å². The predicted molar refractivity (Wildman–Crippen MR) is 116 cm³/mol. The molecule has 0 fully saturated rings. The summed E-state index contributed by atoms with van der Waals surface area (Å²) in [5, 5.41) is 11.1. The first-order valence-corrected chi connectivity index (χ1v) is 11.2. The second kappa shape index (κ2) is 7.49. The number of H-pyrrole nitrogens is 1. The second-order valence-electron chi connectivity index (χ2n) is 7.60. The Kier molecular flexibility index (Phi) is 4.77. The van der Waals surface area contributed by atoms with E-state index in [4.69, 9.17) is 0 Å². The third-order valence-electron chi connectivity index (χ3n) is 5.59. The molecule has 1 spiro atoms. The van der Waals surface area contributed by atoms with E-state index in [1.54, 1.807) is 12.1 Å². The van der Waals surface area contributed by atoms with E-state index in [0.29, 0.717) is 27.7 Å². The van der Waals surface area contributed by atoms with Gasteiger partial charge in [0.2, 0.25) is 5.16 Å². The SMILES string of the molecule is CCCCCSc1n[n+]2c(c(=O)[nH]1)-c1ccccc1N[C@@]21C(=O)Nc2ccc(F)cc21. The second-order valence-corrected chi connectivity index (χ2v) is 8.68. The molecular formula is C22H21FN5O2S+. The van der Waals surface area contributed by atoms with Crippen molar-refractivity contribution in [2.45, 2.75) is 37.0 Å². The summed E-state index contributed by atoms with van der Waals surface area (Å²) in [5.41, 5.74) is 0.439. The minimum absolute atomic E-state index is 0.250. The number of unbranched alkanes of at least 4 members (excludes halogenated alkanes) is 2. The Morgan fingerprint density at radius 2 is 1.97 bits per heavy atom. The van der Waals surface area contributed by atoms with Crippen LogP contribution in [0.5, 0.6) is 0 Å². The Hall–Kier alpha value is -3.20. The standard InChI is InChI=1S/C22H20FN5O2S/c1-2-3-6-11-31-21-25-19(29)18-14-7-4-5-8-16(14)26-22(28(18)27-21)15-12-13(23)9-10-17(15)24-20(22)30/h4-5,7-10,12H,2-3,6,11H2,1H3,(H2,24,25,27,29,30)/p+1/t22-/m1/s1. The van der Waals surface area contributed by atoms with Crippen LogP contribution in [-0.4, -0.2) is 21.7 Å². The number of carbonyl (C=O) groups is 1. The molecule has 31 heavy (non-hydrogen) atoms. The highest BCUT2D eigenvalue weighted by molar-refractivity contribution is 7.99. The summed E-state index contributed by atoms with van der Waals surface area (Å²) in [6.07, 6.45) is 3.17. The Morgan fingerprint density at radius 1 is 1.13 bits per heavy atom. The van der Waals surface area contributed by atoms with Gasteiger partial charge in [0.15, 0.2) is 0 Å². The first-order valence-electron chi connectivity index (χ1n) is 10.2. The summed E-state index contributed by atoms with van der Waals surface area (Å²) < 4.78 is 15.6. The van der Waals surface area contributed by atoms with Gasteiger partial charge in [0.05, 0.1) is 22.5 Å². The van der Waals surface area contributed by atoms with Gasteiger partial charge in [0.25, 0.3) is 0 Å². The Balaban J connectivity index is 1.74. The average molecular weight is 439 g/mol. The van der Waals surface area contributed by atoms with E-state index in [1.165, 1.54) is 34.6 Å². The molecule has 3 aromatic rings. The van der Waals surface area contributed by atoms with E-state index in [0.717, 1.165) is 25.0 Å². The molecule has 2 aliphatic heterocycles. The number of para-hydroxylation sites is 1. The van der Waals surface area contributed by atoms with Crippen LogP contribution in [0.15, 0.2) is 52.4 Å². The normalized spacial score (nSPS) is 18.2. The lowest BCUT2D eigenvalue weighted by Gasteiger charge is -2.28. The van der Waals surface area contributed by atoms with E-state index < -0.39 is 17.4 Å². The number of aromatic amines is 1. The smallest absolute Gasteiger partial charge is 0.317 e. The number of benzene rings is 2. The number of anilines is 2. The summed E-state index contributed by atoms with van der Waals surface area (Å²) in [4.78, 5) is 29.4. The van der Waals surface area contributed by atoms with Crippen molar-refractivity contribution in [3.05, 3.63) is 64.2 Å². The fourth-order valence-electron chi connectivity index (χ4n) is 4.12. The Morgan fingerprint density at radius 3 is 2.81 bits per heavy atom. The molecule has 0 bridgehead atoms. The quantitative estimate of drug-likeness (QED) is 0.323. The number of nitrogens with one attached hydrogen (secondary N) is 3. The molecule has 3 N–H and O–H groups in total. The summed E-state index contributed by atoms with van der Waals surface area (Å²) in [6.45, 7) is 2.13. The minimum Gasteiger partial charge on any atom is -0.317 e. The van der Waals surface area contributed by atoms with Crippen LogP contribution >= 0.6 is 11.8 Å². The zero-order valence-electron chi connectivity index (χ0n) is 16.9. The van der Waals surface area contributed by atoms with Gasteiger partial charge in [-0.2, -0.15) is 0 Å². The molecule has 0 aliphatic carbocycles. The van der Waals surface area contributed by atoms with E-state index in [1.807, 2.05) is 12.1 Å². The summed E-state index contributed by atoms with van der Waals surface area (Å²) >= 11 is 1.44. The lowest BCUT2D eigenvalue weighted by Crippen LogP contribution is -2.71.